The molecule has 1 saturated carbocycles. The molecular weight excluding hydrogens is 270 g/mol. The lowest BCUT2D eigenvalue weighted by Crippen LogP contribution is -2.48. The van der Waals surface area contributed by atoms with E-state index >= 15 is 0 Å². The van der Waals surface area contributed by atoms with Gasteiger partial charge in [0.15, 0.2) is 0 Å². The third kappa shape index (κ3) is 2.96. The highest BCUT2D eigenvalue weighted by molar-refractivity contribution is 5.35. The molecule has 1 N–H and O–H groups in total. The summed E-state index contributed by atoms with van der Waals surface area (Å²) in [6, 6.07) is 8.71. The second-order valence-corrected chi connectivity index (χ2v) is 8.69. The van der Waals surface area contributed by atoms with E-state index in [-0.39, 0.29) is 5.92 Å². The number of hydrogen-bond donors (Lipinski definition) is 1. The van der Waals surface area contributed by atoms with Crippen LogP contribution in [-0.2, 0) is 6.54 Å². The zero-order valence-electron chi connectivity index (χ0n) is 14.6. The van der Waals surface area contributed by atoms with Crippen LogP contribution >= 0.6 is 0 Å². The van der Waals surface area contributed by atoms with Crippen molar-refractivity contribution in [3.05, 3.63) is 35.4 Å². The molecule has 0 bridgehead atoms. The van der Waals surface area contributed by atoms with Gasteiger partial charge in [0.05, 0.1) is 5.60 Å². The molecule has 3 rings (SSSR count). The Morgan fingerprint density at radius 1 is 1.14 bits per heavy atom. The van der Waals surface area contributed by atoms with Crippen molar-refractivity contribution in [2.45, 2.75) is 64.5 Å². The largest absolute Gasteiger partial charge is 0.389 e. The van der Waals surface area contributed by atoms with Gasteiger partial charge in [0.25, 0.3) is 0 Å². The maximum Gasteiger partial charge on any atom is 0.0728 e. The molecule has 0 saturated heterocycles. The van der Waals surface area contributed by atoms with Crippen molar-refractivity contribution in [3.8, 4) is 0 Å². The summed E-state index contributed by atoms with van der Waals surface area (Å²) < 4.78 is 0. The monoisotopic (exact) mass is 301 g/mol. The first-order valence-corrected chi connectivity index (χ1v) is 8.78. The molecule has 2 aliphatic rings. The molecule has 1 aliphatic heterocycles. The first kappa shape index (κ1) is 16.0. The fourth-order valence-corrected chi connectivity index (χ4v) is 4.58. The normalized spacial score (nSPS) is 33.5. The van der Waals surface area contributed by atoms with Crippen LogP contribution in [0.1, 0.15) is 63.5 Å². The zero-order valence-corrected chi connectivity index (χ0v) is 14.6. The molecular formula is C20H31NO. The van der Waals surface area contributed by atoms with Crippen molar-refractivity contribution in [3.63, 3.8) is 0 Å². The third-order valence-corrected chi connectivity index (χ3v) is 6.09. The SMILES string of the molecule is CN1Cc2ccccc2C(C2(O)CCC(C(C)(C)C)CC2)C1. The van der Waals surface area contributed by atoms with Crippen molar-refractivity contribution in [2.75, 3.05) is 13.6 Å². The Hall–Kier alpha value is -0.860. The van der Waals surface area contributed by atoms with Gasteiger partial charge in [-0.15, -0.1) is 0 Å². The number of fused-ring (bicyclic) bond motifs is 1. The van der Waals surface area contributed by atoms with Crippen LogP contribution in [0.25, 0.3) is 0 Å². The molecule has 0 spiro atoms. The maximum absolute atomic E-state index is 11.4. The molecule has 1 aromatic rings. The summed E-state index contributed by atoms with van der Waals surface area (Å²) in [4.78, 5) is 2.36. The Bertz CT molecular complexity index is 523. The van der Waals surface area contributed by atoms with Crippen molar-refractivity contribution in [2.24, 2.45) is 11.3 Å². The van der Waals surface area contributed by atoms with Crippen molar-refractivity contribution in [1.29, 1.82) is 0 Å². The van der Waals surface area contributed by atoms with E-state index < -0.39 is 5.60 Å². The summed E-state index contributed by atoms with van der Waals surface area (Å²) in [6.07, 6.45) is 4.20. The lowest BCUT2D eigenvalue weighted by molar-refractivity contribution is -0.0553. The van der Waals surface area contributed by atoms with E-state index in [2.05, 4.69) is 57.0 Å². The van der Waals surface area contributed by atoms with Crippen molar-refractivity contribution >= 4 is 0 Å². The van der Waals surface area contributed by atoms with Crippen molar-refractivity contribution < 1.29 is 5.11 Å². The average molecular weight is 301 g/mol. The molecule has 1 aliphatic carbocycles. The minimum Gasteiger partial charge on any atom is -0.389 e. The summed E-state index contributed by atoms with van der Waals surface area (Å²) in [6.45, 7) is 9.00. The Morgan fingerprint density at radius 2 is 1.77 bits per heavy atom. The standard InChI is InChI=1S/C20H31NO/c1-19(2,3)16-9-11-20(22,12-10-16)18-14-21(4)13-15-7-5-6-8-17(15)18/h5-8,16,18,22H,9-14H2,1-4H3. The van der Waals surface area contributed by atoms with Gasteiger partial charge in [-0.05, 0) is 55.2 Å². The highest BCUT2D eigenvalue weighted by atomic mass is 16.3. The van der Waals surface area contributed by atoms with Crippen LogP contribution < -0.4 is 0 Å². The lowest BCUT2D eigenvalue weighted by Gasteiger charge is -2.47. The fraction of sp³-hybridized carbons (Fsp3) is 0.700. The van der Waals surface area contributed by atoms with Gasteiger partial charge in [-0.3, -0.25) is 0 Å². The molecule has 1 aromatic carbocycles. The smallest absolute Gasteiger partial charge is 0.0728 e. The lowest BCUT2D eigenvalue weighted by atomic mass is 9.63. The van der Waals surface area contributed by atoms with Gasteiger partial charge < -0.3 is 10.0 Å². The van der Waals surface area contributed by atoms with Crippen molar-refractivity contribution in [1.82, 2.24) is 4.90 Å². The predicted molar refractivity (Wildman–Crippen MR) is 91.9 cm³/mol. The molecule has 0 amide bonds. The molecule has 1 atom stereocenters. The second kappa shape index (κ2) is 5.65. The zero-order chi connectivity index (χ0) is 16.0. The Kier molecular flexibility index (Phi) is 4.11. The average Bonchev–Trinajstić information content (AvgIpc) is 2.45. The van der Waals surface area contributed by atoms with Crippen LogP contribution in [0.15, 0.2) is 24.3 Å². The number of likely N-dealkylation sites (N-methyl/N-ethyl adjacent to an activating group) is 1. The molecule has 22 heavy (non-hydrogen) atoms. The molecule has 1 fully saturated rings. The molecule has 1 unspecified atom stereocenters. The predicted octanol–water partition coefficient (Wildman–Crippen LogP) is 4.18. The van der Waals surface area contributed by atoms with E-state index in [0.717, 1.165) is 44.7 Å². The van der Waals surface area contributed by atoms with Crippen LogP contribution in [0.5, 0.6) is 0 Å². The minimum absolute atomic E-state index is 0.267. The molecule has 2 heteroatoms. The Morgan fingerprint density at radius 3 is 2.41 bits per heavy atom. The summed E-state index contributed by atoms with van der Waals surface area (Å²) in [5.74, 6) is 1.01. The first-order chi connectivity index (χ1) is 10.3. The molecule has 0 radical (unpaired) electrons. The van der Waals surface area contributed by atoms with Gasteiger partial charge >= 0.3 is 0 Å². The van der Waals surface area contributed by atoms with Gasteiger partial charge in [0, 0.05) is 19.0 Å². The van der Waals surface area contributed by atoms with Crippen LogP contribution in [0.2, 0.25) is 0 Å². The topological polar surface area (TPSA) is 23.5 Å². The summed E-state index contributed by atoms with van der Waals surface area (Å²) in [5.41, 5.74) is 2.62. The maximum atomic E-state index is 11.4. The number of benzene rings is 1. The number of nitrogens with zero attached hydrogens (tertiary/aromatic N) is 1. The number of aliphatic hydroxyl groups is 1. The first-order valence-electron chi connectivity index (χ1n) is 8.78. The number of hydrogen-bond acceptors (Lipinski definition) is 2. The van der Waals surface area contributed by atoms with Gasteiger partial charge in [0.2, 0.25) is 0 Å². The van der Waals surface area contributed by atoms with E-state index in [0.29, 0.717) is 5.41 Å². The fourth-order valence-electron chi connectivity index (χ4n) is 4.58. The van der Waals surface area contributed by atoms with E-state index in [1.54, 1.807) is 0 Å². The minimum atomic E-state index is -0.521. The second-order valence-electron chi connectivity index (χ2n) is 8.69. The molecule has 122 valence electrons. The van der Waals surface area contributed by atoms with E-state index in [4.69, 9.17) is 0 Å². The van der Waals surface area contributed by atoms with Crippen LogP contribution in [0, 0.1) is 11.3 Å². The van der Waals surface area contributed by atoms with Crippen LogP contribution in [0.3, 0.4) is 0 Å². The van der Waals surface area contributed by atoms with Crippen LogP contribution in [-0.4, -0.2) is 29.2 Å². The van der Waals surface area contributed by atoms with Gasteiger partial charge in [-0.1, -0.05) is 45.0 Å². The van der Waals surface area contributed by atoms with Gasteiger partial charge in [-0.2, -0.15) is 0 Å². The molecule has 0 aromatic heterocycles. The molecule has 1 heterocycles. The summed E-state index contributed by atoms with van der Waals surface area (Å²) >= 11 is 0. The van der Waals surface area contributed by atoms with Crippen LogP contribution in [0.4, 0.5) is 0 Å². The highest BCUT2D eigenvalue weighted by Gasteiger charge is 2.44. The summed E-state index contributed by atoms with van der Waals surface area (Å²) in [7, 11) is 2.17. The molecule has 2 nitrogen and oxygen atoms in total. The van der Waals surface area contributed by atoms with Gasteiger partial charge in [-0.25, -0.2) is 0 Å². The summed E-state index contributed by atoms with van der Waals surface area (Å²) in [5, 5.41) is 11.4. The highest BCUT2D eigenvalue weighted by Crippen LogP contribution is 2.48. The Balaban J connectivity index is 1.82. The Labute approximate surface area is 135 Å². The van der Waals surface area contributed by atoms with Gasteiger partial charge in [0.1, 0.15) is 0 Å². The quantitative estimate of drug-likeness (QED) is 0.841. The van der Waals surface area contributed by atoms with E-state index in [9.17, 15) is 5.11 Å². The number of rotatable bonds is 1. The van der Waals surface area contributed by atoms with E-state index in [1.807, 2.05) is 0 Å². The third-order valence-electron chi connectivity index (χ3n) is 6.09. The van der Waals surface area contributed by atoms with E-state index in [1.165, 1.54) is 11.1 Å².